The second-order valence-corrected chi connectivity index (χ2v) is 4.94. The molecule has 3 nitrogen and oxygen atoms in total. The van der Waals surface area contributed by atoms with E-state index in [9.17, 15) is 23.1 Å². The zero-order valence-electron chi connectivity index (χ0n) is 12.4. The monoisotopic (exact) mass is 324 g/mol. The highest BCUT2D eigenvalue weighted by Crippen LogP contribution is 2.32. The average Bonchev–Trinajstić information content (AvgIpc) is 2.52. The molecule has 0 spiro atoms. The Morgan fingerprint density at radius 1 is 1.09 bits per heavy atom. The van der Waals surface area contributed by atoms with Gasteiger partial charge in [0.25, 0.3) is 0 Å². The van der Waals surface area contributed by atoms with E-state index >= 15 is 0 Å². The fourth-order valence-corrected chi connectivity index (χ4v) is 2.07. The van der Waals surface area contributed by atoms with E-state index in [1.807, 2.05) is 6.92 Å². The van der Waals surface area contributed by atoms with E-state index in [0.29, 0.717) is 17.7 Å². The molecule has 0 bridgehead atoms. The summed E-state index contributed by atoms with van der Waals surface area (Å²) in [5.74, 6) is -0.903. The smallest absolute Gasteiger partial charge is 0.416 e. The molecule has 0 aliphatic heterocycles. The van der Waals surface area contributed by atoms with Crippen LogP contribution in [0.1, 0.15) is 29.3 Å². The number of carbonyl (C=O) groups is 1. The van der Waals surface area contributed by atoms with E-state index in [2.05, 4.69) is 0 Å². The van der Waals surface area contributed by atoms with Gasteiger partial charge in [0, 0.05) is 0 Å². The topological polar surface area (TPSA) is 46.5 Å². The van der Waals surface area contributed by atoms with Gasteiger partial charge in [0.2, 0.25) is 0 Å². The molecule has 0 aromatic heterocycles. The zero-order valence-corrected chi connectivity index (χ0v) is 12.4. The van der Waals surface area contributed by atoms with Crippen LogP contribution in [-0.2, 0) is 6.18 Å². The molecule has 122 valence electrons. The first-order valence-corrected chi connectivity index (χ1v) is 7.00. The number of hydrogen-bond acceptors (Lipinski definition) is 2. The lowest BCUT2D eigenvalue weighted by Crippen LogP contribution is -2.05. The maximum atomic E-state index is 12.6. The van der Waals surface area contributed by atoms with Crippen molar-refractivity contribution in [1.82, 2.24) is 0 Å². The number of halogens is 3. The average molecular weight is 324 g/mol. The number of benzene rings is 2. The Morgan fingerprint density at radius 3 is 2.22 bits per heavy atom. The van der Waals surface area contributed by atoms with Crippen LogP contribution in [-0.4, -0.2) is 17.7 Å². The lowest BCUT2D eigenvalue weighted by atomic mass is 10.0. The van der Waals surface area contributed by atoms with Crippen molar-refractivity contribution in [3.05, 3.63) is 53.6 Å². The first-order valence-electron chi connectivity index (χ1n) is 7.00. The van der Waals surface area contributed by atoms with Crippen molar-refractivity contribution in [1.29, 1.82) is 0 Å². The van der Waals surface area contributed by atoms with Gasteiger partial charge in [-0.2, -0.15) is 13.2 Å². The van der Waals surface area contributed by atoms with Gasteiger partial charge in [0.15, 0.2) is 0 Å². The molecule has 2 rings (SSSR count). The molecule has 0 radical (unpaired) electrons. The zero-order chi connectivity index (χ0) is 17.0. The first kappa shape index (κ1) is 16.9. The minimum atomic E-state index is -4.40. The number of aromatic carboxylic acids is 1. The van der Waals surface area contributed by atoms with E-state index in [-0.39, 0.29) is 11.3 Å². The van der Waals surface area contributed by atoms with Crippen LogP contribution in [0.3, 0.4) is 0 Å². The minimum Gasteiger partial charge on any atom is -0.493 e. The molecule has 0 aliphatic rings. The first-order chi connectivity index (χ1) is 10.8. The highest BCUT2D eigenvalue weighted by Gasteiger charge is 2.30. The molecule has 0 aliphatic carbocycles. The Labute approximate surface area is 131 Å². The largest absolute Gasteiger partial charge is 0.493 e. The number of hydrogen-bond donors (Lipinski definition) is 1. The summed E-state index contributed by atoms with van der Waals surface area (Å²) < 4.78 is 43.1. The van der Waals surface area contributed by atoms with E-state index in [1.165, 1.54) is 24.3 Å². The third kappa shape index (κ3) is 4.03. The molecular formula is C17H15F3O3. The minimum absolute atomic E-state index is 0.0177. The van der Waals surface area contributed by atoms with Crippen molar-refractivity contribution in [2.75, 3.05) is 6.61 Å². The molecule has 0 heterocycles. The number of rotatable bonds is 5. The van der Waals surface area contributed by atoms with Gasteiger partial charge in [-0.1, -0.05) is 25.1 Å². The van der Waals surface area contributed by atoms with Gasteiger partial charge in [0.1, 0.15) is 11.3 Å². The van der Waals surface area contributed by atoms with Crippen LogP contribution in [0.25, 0.3) is 11.1 Å². The van der Waals surface area contributed by atoms with Gasteiger partial charge < -0.3 is 9.84 Å². The number of carboxylic acid groups (broad SMARTS) is 1. The fourth-order valence-electron chi connectivity index (χ4n) is 2.07. The molecule has 0 amide bonds. The number of ether oxygens (including phenoxy) is 1. The van der Waals surface area contributed by atoms with Gasteiger partial charge in [0.05, 0.1) is 12.2 Å². The van der Waals surface area contributed by atoms with E-state index < -0.39 is 17.7 Å². The predicted octanol–water partition coefficient (Wildman–Crippen LogP) is 4.86. The van der Waals surface area contributed by atoms with E-state index in [1.54, 1.807) is 6.07 Å². The molecular weight excluding hydrogens is 309 g/mol. The van der Waals surface area contributed by atoms with Crippen LogP contribution in [0.4, 0.5) is 13.2 Å². The summed E-state index contributed by atoms with van der Waals surface area (Å²) in [6.45, 7) is 2.29. The van der Waals surface area contributed by atoms with Crippen molar-refractivity contribution in [2.45, 2.75) is 19.5 Å². The standard InChI is InChI=1S/C17H15F3O3/c1-2-9-23-15-8-5-12(10-14(15)16(21)22)11-3-6-13(7-4-11)17(18,19)20/h3-8,10H,2,9H2,1H3,(H,21,22). The van der Waals surface area contributed by atoms with Crippen LogP contribution in [0.15, 0.2) is 42.5 Å². The number of carboxylic acids is 1. The molecule has 0 atom stereocenters. The second-order valence-electron chi connectivity index (χ2n) is 4.94. The summed E-state index contributed by atoms with van der Waals surface area (Å²) in [5.41, 5.74) is 0.251. The third-order valence-corrected chi connectivity index (χ3v) is 3.22. The third-order valence-electron chi connectivity index (χ3n) is 3.22. The van der Waals surface area contributed by atoms with Crippen LogP contribution >= 0.6 is 0 Å². The molecule has 2 aromatic carbocycles. The van der Waals surface area contributed by atoms with Gasteiger partial charge >= 0.3 is 12.1 Å². The van der Waals surface area contributed by atoms with E-state index in [4.69, 9.17) is 4.74 Å². The van der Waals surface area contributed by atoms with Gasteiger partial charge in [-0.3, -0.25) is 0 Å². The molecule has 2 aromatic rings. The highest BCUT2D eigenvalue weighted by molar-refractivity contribution is 5.92. The summed E-state index contributed by atoms with van der Waals surface area (Å²) >= 11 is 0. The lowest BCUT2D eigenvalue weighted by molar-refractivity contribution is -0.137. The van der Waals surface area contributed by atoms with Crippen LogP contribution in [0.5, 0.6) is 5.75 Å². The van der Waals surface area contributed by atoms with Gasteiger partial charge in [-0.15, -0.1) is 0 Å². The van der Waals surface area contributed by atoms with Crippen LogP contribution < -0.4 is 4.74 Å². The summed E-state index contributed by atoms with van der Waals surface area (Å²) in [5, 5.41) is 9.26. The SMILES string of the molecule is CCCOc1ccc(-c2ccc(C(F)(F)F)cc2)cc1C(=O)O. The van der Waals surface area contributed by atoms with Crippen LogP contribution in [0.2, 0.25) is 0 Å². The molecule has 6 heteroatoms. The van der Waals surface area contributed by atoms with Crippen molar-refractivity contribution < 1.29 is 27.8 Å². The Hall–Kier alpha value is -2.50. The molecule has 0 fully saturated rings. The van der Waals surface area contributed by atoms with Crippen molar-refractivity contribution >= 4 is 5.97 Å². The molecule has 1 N–H and O–H groups in total. The van der Waals surface area contributed by atoms with E-state index in [0.717, 1.165) is 18.6 Å². The highest BCUT2D eigenvalue weighted by atomic mass is 19.4. The summed E-state index contributed by atoms with van der Waals surface area (Å²) in [7, 11) is 0. The van der Waals surface area contributed by atoms with Crippen molar-refractivity contribution in [3.63, 3.8) is 0 Å². The Bertz CT molecular complexity index is 691. The normalized spacial score (nSPS) is 11.3. The summed E-state index contributed by atoms with van der Waals surface area (Å²) in [6, 6.07) is 9.11. The molecule has 0 unspecified atom stereocenters. The lowest BCUT2D eigenvalue weighted by Gasteiger charge is -2.11. The molecule has 0 saturated carbocycles. The second kappa shape index (κ2) is 6.73. The summed E-state index contributed by atoms with van der Waals surface area (Å²) in [4.78, 5) is 11.3. The Morgan fingerprint density at radius 2 is 1.70 bits per heavy atom. The summed E-state index contributed by atoms with van der Waals surface area (Å²) in [6.07, 6.45) is -3.66. The maximum absolute atomic E-state index is 12.6. The molecule has 23 heavy (non-hydrogen) atoms. The van der Waals surface area contributed by atoms with Crippen molar-refractivity contribution in [2.24, 2.45) is 0 Å². The Balaban J connectivity index is 2.36. The van der Waals surface area contributed by atoms with Gasteiger partial charge in [-0.25, -0.2) is 4.79 Å². The fraction of sp³-hybridized carbons (Fsp3) is 0.235. The van der Waals surface area contributed by atoms with Gasteiger partial charge in [-0.05, 0) is 41.8 Å². The Kier molecular flexibility index (Phi) is 4.93. The predicted molar refractivity (Wildman–Crippen MR) is 79.6 cm³/mol. The molecule has 0 saturated heterocycles. The van der Waals surface area contributed by atoms with Crippen molar-refractivity contribution in [3.8, 4) is 16.9 Å². The quantitative estimate of drug-likeness (QED) is 0.854. The van der Waals surface area contributed by atoms with Crippen LogP contribution in [0, 0.1) is 0 Å². The maximum Gasteiger partial charge on any atom is 0.416 e. The number of alkyl halides is 3.